The topological polar surface area (TPSA) is 29.1 Å². The second-order valence-electron chi connectivity index (χ2n) is 3.02. The van der Waals surface area contributed by atoms with Gasteiger partial charge >= 0.3 is 12.1 Å². The van der Waals surface area contributed by atoms with Crippen molar-refractivity contribution in [1.82, 2.24) is 0 Å². The van der Waals surface area contributed by atoms with Gasteiger partial charge in [-0.1, -0.05) is 15.9 Å². The highest BCUT2D eigenvalue weighted by Gasteiger charge is 2.38. The smallest absolute Gasteiger partial charge is 0.318 e. The minimum absolute atomic E-state index is 0.252. The van der Waals surface area contributed by atoms with Gasteiger partial charge in [-0.3, -0.25) is 4.79 Å². The highest BCUT2D eigenvalue weighted by molar-refractivity contribution is 9.10. The number of carbonyl (C=O) groups excluding carboxylic acids is 1. The molecular formula is C9H6BrF4NO. The van der Waals surface area contributed by atoms with E-state index < -0.39 is 17.9 Å². The Balaban J connectivity index is 2.96. The van der Waals surface area contributed by atoms with E-state index in [0.29, 0.717) is 0 Å². The van der Waals surface area contributed by atoms with Crippen LogP contribution < -0.4 is 5.32 Å². The summed E-state index contributed by atoms with van der Waals surface area (Å²) in [5, 5.41) is 1.56. The van der Waals surface area contributed by atoms with Crippen LogP contribution in [0.4, 0.5) is 23.2 Å². The molecule has 0 aliphatic heterocycles. The molecule has 0 unspecified atom stereocenters. The first-order valence-electron chi connectivity index (χ1n) is 4.05. The Hall–Kier alpha value is -1.11. The van der Waals surface area contributed by atoms with Gasteiger partial charge < -0.3 is 5.32 Å². The van der Waals surface area contributed by atoms with E-state index in [1.165, 1.54) is 13.0 Å². The number of carbonyl (C=O) groups is 1. The maximum Gasteiger partial charge on any atom is 0.471 e. The van der Waals surface area contributed by atoms with Crippen LogP contribution in [0.2, 0.25) is 0 Å². The molecule has 0 aliphatic carbocycles. The molecule has 1 amide bonds. The summed E-state index contributed by atoms with van der Waals surface area (Å²) in [7, 11) is 0. The number of benzene rings is 1. The average Bonchev–Trinajstić information content (AvgIpc) is 2.12. The van der Waals surface area contributed by atoms with Crippen LogP contribution in [-0.2, 0) is 4.79 Å². The zero-order valence-electron chi connectivity index (χ0n) is 7.95. The first kappa shape index (κ1) is 13.0. The quantitative estimate of drug-likeness (QED) is 0.791. The van der Waals surface area contributed by atoms with Crippen LogP contribution >= 0.6 is 15.9 Å². The summed E-state index contributed by atoms with van der Waals surface area (Å²) in [4.78, 5) is 10.6. The Kier molecular flexibility index (Phi) is 3.57. The fourth-order valence-electron chi connectivity index (χ4n) is 0.919. The molecule has 0 aliphatic rings. The average molecular weight is 300 g/mol. The number of halogens is 5. The number of alkyl halides is 3. The zero-order chi connectivity index (χ0) is 12.5. The number of nitrogens with one attached hydrogen (secondary N) is 1. The lowest BCUT2D eigenvalue weighted by Gasteiger charge is -2.09. The van der Waals surface area contributed by atoms with E-state index in [4.69, 9.17) is 0 Å². The van der Waals surface area contributed by atoms with Crippen molar-refractivity contribution in [2.75, 3.05) is 5.32 Å². The van der Waals surface area contributed by atoms with Crippen LogP contribution in [0.5, 0.6) is 0 Å². The molecule has 0 atom stereocenters. The van der Waals surface area contributed by atoms with Crippen molar-refractivity contribution in [2.24, 2.45) is 0 Å². The summed E-state index contributed by atoms with van der Waals surface area (Å²) in [6.07, 6.45) is -4.99. The molecular weight excluding hydrogens is 294 g/mol. The van der Waals surface area contributed by atoms with Crippen LogP contribution in [0.3, 0.4) is 0 Å². The van der Waals surface area contributed by atoms with Crippen molar-refractivity contribution in [2.45, 2.75) is 13.1 Å². The molecule has 1 rings (SSSR count). The number of amides is 1. The molecule has 0 radical (unpaired) electrons. The molecule has 0 fully saturated rings. The highest BCUT2D eigenvalue weighted by Crippen LogP contribution is 2.25. The maximum atomic E-state index is 13.1. The highest BCUT2D eigenvalue weighted by atomic mass is 79.9. The van der Waals surface area contributed by atoms with E-state index in [-0.39, 0.29) is 15.7 Å². The van der Waals surface area contributed by atoms with Gasteiger partial charge in [0, 0.05) is 10.2 Å². The van der Waals surface area contributed by atoms with Crippen molar-refractivity contribution < 1.29 is 22.4 Å². The number of hydrogen-bond acceptors (Lipinski definition) is 1. The van der Waals surface area contributed by atoms with Crippen molar-refractivity contribution in [3.8, 4) is 0 Å². The Labute approximate surface area is 96.8 Å². The van der Waals surface area contributed by atoms with E-state index in [2.05, 4.69) is 15.9 Å². The molecule has 1 aromatic carbocycles. The van der Waals surface area contributed by atoms with Gasteiger partial charge in [-0.25, -0.2) is 4.39 Å². The Morgan fingerprint density at radius 3 is 2.38 bits per heavy atom. The summed E-state index contributed by atoms with van der Waals surface area (Å²) < 4.78 is 49.1. The standard InChI is InChI=1S/C9H6BrF4NO/c1-4-6(10)2-5(3-7(4)11)15-8(16)9(12,13)14/h2-3H,1H3,(H,15,16). The Morgan fingerprint density at radius 2 is 1.94 bits per heavy atom. The van der Waals surface area contributed by atoms with Crippen LogP contribution in [0.1, 0.15) is 5.56 Å². The minimum atomic E-state index is -4.99. The van der Waals surface area contributed by atoms with Crippen molar-refractivity contribution in [3.63, 3.8) is 0 Å². The molecule has 0 aromatic heterocycles. The van der Waals surface area contributed by atoms with E-state index in [9.17, 15) is 22.4 Å². The summed E-state index contributed by atoms with van der Waals surface area (Å²) in [5.74, 6) is -2.84. The van der Waals surface area contributed by atoms with E-state index >= 15 is 0 Å². The van der Waals surface area contributed by atoms with Gasteiger partial charge in [0.25, 0.3) is 0 Å². The lowest BCUT2D eigenvalue weighted by molar-refractivity contribution is -0.167. The van der Waals surface area contributed by atoms with Gasteiger partial charge in [0.1, 0.15) is 5.82 Å². The third-order valence-electron chi connectivity index (χ3n) is 1.80. The predicted molar refractivity (Wildman–Crippen MR) is 53.5 cm³/mol. The van der Waals surface area contributed by atoms with E-state index in [0.717, 1.165) is 6.07 Å². The van der Waals surface area contributed by atoms with Crippen molar-refractivity contribution in [3.05, 3.63) is 28.0 Å². The molecule has 0 heterocycles. The summed E-state index contributed by atoms with van der Waals surface area (Å²) >= 11 is 2.96. The van der Waals surface area contributed by atoms with Crippen LogP contribution in [-0.4, -0.2) is 12.1 Å². The molecule has 0 saturated heterocycles. The summed E-state index contributed by atoms with van der Waals surface area (Å²) in [5.41, 5.74) is 0.00214. The fraction of sp³-hybridized carbons (Fsp3) is 0.222. The predicted octanol–water partition coefficient (Wildman–Crippen LogP) is 3.40. The van der Waals surface area contributed by atoms with E-state index in [1.807, 2.05) is 0 Å². The normalized spacial score (nSPS) is 11.4. The number of hydrogen-bond donors (Lipinski definition) is 1. The number of anilines is 1. The second-order valence-corrected chi connectivity index (χ2v) is 3.87. The third-order valence-corrected chi connectivity index (χ3v) is 2.62. The lowest BCUT2D eigenvalue weighted by atomic mass is 10.2. The molecule has 2 nitrogen and oxygen atoms in total. The molecule has 7 heteroatoms. The minimum Gasteiger partial charge on any atom is -0.318 e. The van der Waals surface area contributed by atoms with Crippen LogP contribution in [0.15, 0.2) is 16.6 Å². The van der Waals surface area contributed by atoms with Crippen molar-refractivity contribution in [1.29, 1.82) is 0 Å². The fourth-order valence-corrected chi connectivity index (χ4v) is 1.36. The monoisotopic (exact) mass is 299 g/mol. The van der Waals surface area contributed by atoms with Crippen LogP contribution in [0.25, 0.3) is 0 Å². The maximum absolute atomic E-state index is 13.1. The molecule has 0 bridgehead atoms. The van der Waals surface area contributed by atoms with Gasteiger partial charge in [-0.15, -0.1) is 0 Å². The first-order chi connectivity index (χ1) is 7.21. The largest absolute Gasteiger partial charge is 0.471 e. The SMILES string of the molecule is Cc1c(F)cc(NC(=O)C(F)(F)F)cc1Br. The zero-order valence-corrected chi connectivity index (χ0v) is 9.54. The lowest BCUT2D eigenvalue weighted by Crippen LogP contribution is -2.29. The van der Waals surface area contributed by atoms with Gasteiger partial charge in [-0.05, 0) is 24.6 Å². The molecule has 88 valence electrons. The Bertz CT molecular complexity index is 407. The first-order valence-corrected chi connectivity index (χ1v) is 4.85. The van der Waals surface area contributed by atoms with Gasteiger partial charge in [0.05, 0.1) is 0 Å². The second kappa shape index (κ2) is 4.40. The Morgan fingerprint density at radius 1 is 1.38 bits per heavy atom. The summed E-state index contributed by atoms with van der Waals surface area (Å²) in [6.45, 7) is 1.45. The molecule has 0 saturated carbocycles. The van der Waals surface area contributed by atoms with Gasteiger partial charge in [0.2, 0.25) is 0 Å². The number of rotatable bonds is 1. The summed E-state index contributed by atoms with van der Waals surface area (Å²) in [6, 6.07) is 2.02. The van der Waals surface area contributed by atoms with Gasteiger partial charge in [0.15, 0.2) is 0 Å². The molecule has 1 N–H and O–H groups in total. The van der Waals surface area contributed by atoms with Crippen molar-refractivity contribution >= 4 is 27.5 Å². The molecule has 1 aromatic rings. The van der Waals surface area contributed by atoms with Gasteiger partial charge in [-0.2, -0.15) is 13.2 Å². The van der Waals surface area contributed by atoms with E-state index in [1.54, 1.807) is 5.32 Å². The molecule has 0 spiro atoms. The van der Waals surface area contributed by atoms with Crippen LogP contribution in [0, 0.1) is 12.7 Å². The molecule has 16 heavy (non-hydrogen) atoms. The third kappa shape index (κ3) is 2.94.